The average molecular weight is 603 g/mol. The van der Waals surface area contributed by atoms with E-state index >= 15 is 13.2 Å². The highest BCUT2D eigenvalue weighted by atomic mass is 19.1. The highest BCUT2D eigenvalue weighted by Gasteiger charge is 2.38. The molecule has 44 heavy (non-hydrogen) atoms. The van der Waals surface area contributed by atoms with Crippen LogP contribution in [0.1, 0.15) is 37.4 Å². The summed E-state index contributed by atoms with van der Waals surface area (Å²) < 4.78 is 50.4. The molecule has 2 aromatic heterocycles. The zero-order valence-corrected chi connectivity index (χ0v) is 25.1. The summed E-state index contributed by atoms with van der Waals surface area (Å²) in [6.45, 7) is 10.5. The predicted octanol–water partition coefficient (Wildman–Crippen LogP) is 5.34. The molecule has 1 saturated heterocycles. The van der Waals surface area contributed by atoms with E-state index in [1.807, 2.05) is 18.7 Å². The molecular formula is C33H33F3N6O2. The number of hydrogen-bond acceptors (Lipinski definition) is 6. The molecule has 0 N–H and O–H groups in total. The van der Waals surface area contributed by atoms with Crippen LogP contribution in [0.4, 0.5) is 24.7 Å². The molecule has 8 nitrogen and oxygen atoms in total. The highest BCUT2D eigenvalue weighted by molar-refractivity contribution is 6.05. The Morgan fingerprint density at radius 2 is 1.82 bits per heavy atom. The van der Waals surface area contributed by atoms with E-state index < -0.39 is 28.7 Å². The second-order valence-electron chi connectivity index (χ2n) is 11.7. The topological polar surface area (TPSA) is 74.6 Å². The number of carbonyl (C=O) groups excluding carboxylic acids is 1. The first-order valence-electron chi connectivity index (χ1n) is 14.6. The molecular weight excluding hydrogens is 569 g/mol. The maximum Gasteiger partial charge on any atom is 0.354 e. The zero-order valence-electron chi connectivity index (χ0n) is 25.1. The second kappa shape index (κ2) is 11.1. The molecule has 0 radical (unpaired) electrons. The zero-order chi connectivity index (χ0) is 31.4. The van der Waals surface area contributed by atoms with Crippen LogP contribution in [0.25, 0.3) is 27.7 Å². The minimum atomic E-state index is -1.07. The number of hydrogen-bond donors (Lipinski definition) is 0. The van der Waals surface area contributed by atoms with Crippen LogP contribution in [0.2, 0.25) is 0 Å². The van der Waals surface area contributed by atoms with Crippen LogP contribution >= 0.6 is 0 Å². The van der Waals surface area contributed by atoms with Crippen molar-refractivity contribution in [3.05, 3.63) is 88.4 Å². The first-order valence-corrected chi connectivity index (χ1v) is 14.6. The van der Waals surface area contributed by atoms with E-state index in [9.17, 15) is 9.59 Å². The van der Waals surface area contributed by atoms with Crippen LogP contribution in [-0.2, 0) is 4.79 Å². The molecule has 2 aromatic carbocycles. The first kappa shape index (κ1) is 29.4. The quantitative estimate of drug-likeness (QED) is 0.294. The number of amides is 1. The number of benzene rings is 2. The van der Waals surface area contributed by atoms with Crippen molar-refractivity contribution in [3.63, 3.8) is 0 Å². The Morgan fingerprint density at radius 3 is 2.52 bits per heavy atom. The van der Waals surface area contributed by atoms with Gasteiger partial charge in [-0.15, -0.1) is 0 Å². The number of rotatable bonds is 4. The summed E-state index contributed by atoms with van der Waals surface area (Å²) in [6.07, 6.45) is 3.37. The van der Waals surface area contributed by atoms with E-state index in [0.717, 1.165) is 6.07 Å². The molecule has 1 amide bonds. The molecule has 1 fully saturated rings. The SMILES string of the molecule is C=CC(=O)N1CCN2c3nc(=O)n(-c4c(C)ccnc4C(C)C)c4c(F)c(-c5ccccc5F)c(F)c(c34)N(C)CCC2C1. The molecule has 4 aromatic rings. The first-order chi connectivity index (χ1) is 21.0. The lowest BCUT2D eigenvalue weighted by atomic mass is 9.96. The van der Waals surface area contributed by atoms with Gasteiger partial charge in [0.1, 0.15) is 17.2 Å². The molecule has 0 aliphatic carbocycles. The van der Waals surface area contributed by atoms with Crippen LogP contribution in [0, 0.1) is 24.4 Å². The van der Waals surface area contributed by atoms with Gasteiger partial charge >= 0.3 is 5.69 Å². The smallest absolute Gasteiger partial charge is 0.354 e. The van der Waals surface area contributed by atoms with Gasteiger partial charge in [0.2, 0.25) is 5.91 Å². The lowest BCUT2D eigenvalue weighted by molar-refractivity contribution is -0.126. The summed E-state index contributed by atoms with van der Waals surface area (Å²) >= 11 is 0. The summed E-state index contributed by atoms with van der Waals surface area (Å²) in [7, 11) is 1.68. The maximum atomic E-state index is 17.2. The van der Waals surface area contributed by atoms with E-state index in [-0.39, 0.29) is 45.8 Å². The summed E-state index contributed by atoms with van der Waals surface area (Å²) in [5.74, 6) is -3.05. The van der Waals surface area contributed by atoms with Gasteiger partial charge in [0, 0.05) is 51.0 Å². The summed E-state index contributed by atoms with van der Waals surface area (Å²) in [5, 5.41) is 0.105. The van der Waals surface area contributed by atoms with Crippen LogP contribution < -0.4 is 15.5 Å². The van der Waals surface area contributed by atoms with Crippen molar-refractivity contribution in [2.45, 2.75) is 39.2 Å². The molecule has 11 heteroatoms. The molecule has 0 bridgehead atoms. The summed E-state index contributed by atoms with van der Waals surface area (Å²) in [4.78, 5) is 40.9. The number of aromatic nitrogens is 3. The highest BCUT2D eigenvalue weighted by Crippen LogP contribution is 2.45. The molecule has 0 saturated carbocycles. The Morgan fingerprint density at radius 1 is 1.07 bits per heavy atom. The molecule has 2 aliphatic rings. The van der Waals surface area contributed by atoms with Crippen LogP contribution in [0.3, 0.4) is 0 Å². The van der Waals surface area contributed by atoms with Crippen molar-refractivity contribution in [2.24, 2.45) is 0 Å². The number of nitrogens with zero attached hydrogens (tertiary/aromatic N) is 6. The Labute approximate surface area is 253 Å². The monoisotopic (exact) mass is 602 g/mol. The number of pyridine rings is 1. The third kappa shape index (κ3) is 4.53. The molecule has 6 rings (SSSR count). The van der Waals surface area contributed by atoms with E-state index in [4.69, 9.17) is 0 Å². The lowest BCUT2D eigenvalue weighted by Crippen LogP contribution is -2.56. The van der Waals surface area contributed by atoms with Crippen molar-refractivity contribution in [3.8, 4) is 16.8 Å². The predicted molar refractivity (Wildman–Crippen MR) is 165 cm³/mol. The second-order valence-corrected chi connectivity index (χ2v) is 11.7. The van der Waals surface area contributed by atoms with Gasteiger partial charge in [0.25, 0.3) is 0 Å². The standard InChI is InChI=1S/C33H33F3N6O2/c1-6-23(43)40-15-16-41-20(17-40)12-14-39(5)30-25-31(27(36)24(26(30)35)21-9-7-8-10-22(21)34)42(33(44)38-32(25)41)29-19(4)11-13-37-28(29)18(2)3/h6-11,13,18,20H,1,12,14-17H2,2-5H3. The van der Waals surface area contributed by atoms with Gasteiger partial charge in [-0.1, -0.05) is 38.6 Å². The van der Waals surface area contributed by atoms with Crippen molar-refractivity contribution in [1.82, 2.24) is 19.4 Å². The minimum Gasteiger partial charge on any atom is -0.371 e. The number of aryl methyl sites for hydroxylation is 1. The van der Waals surface area contributed by atoms with Gasteiger partial charge < -0.3 is 14.7 Å². The Balaban J connectivity index is 1.78. The fraction of sp³-hybridized carbons (Fsp3) is 0.333. The van der Waals surface area contributed by atoms with Crippen LogP contribution in [-0.4, -0.2) is 64.6 Å². The number of fused-ring (bicyclic) bond motifs is 2. The van der Waals surface area contributed by atoms with Crippen molar-refractivity contribution in [1.29, 1.82) is 0 Å². The van der Waals surface area contributed by atoms with E-state index in [1.165, 1.54) is 28.8 Å². The normalized spacial score (nSPS) is 16.6. The van der Waals surface area contributed by atoms with E-state index in [1.54, 1.807) is 36.0 Å². The molecule has 4 heterocycles. The number of carbonyl (C=O) groups is 1. The number of halogens is 3. The van der Waals surface area contributed by atoms with E-state index in [0.29, 0.717) is 49.5 Å². The van der Waals surface area contributed by atoms with Gasteiger partial charge in [0.05, 0.1) is 28.0 Å². The summed E-state index contributed by atoms with van der Waals surface area (Å²) in [6, 6.07) is 6.86. The average Bonchev–Trinajstić information content (AvgIpc) is 3.00. The van der Waals surface area contributed by atoms with Crippen molar-refractivity contribution < 1.29 is 18.0 Å². The van der Waals surface area contributed by atoms with Crippen molar-refractivity contribution >= 4 is 28.3 Å². The minimum absolute atomic E-state index is 0.0200. The molecule has 228 valence electrons. The van der Waals surface area contributed by atoms with Gasteiger partial charge in [0.15, 0.2) is 11.6 Å². The van der Waals surface area contributed by atoms with Crippen LogP contribution in [0.15, 0.2) is 54.0 Å². The molecule has 1 atom stereocenters. The van der Waals surface area contributed by atoms with Gasteiger partial charge in [-0.2, -0.15) is 4.98 Å². The third-order valence-electron chi connectivity index (χ3n) is 8.66. The van der Waals surface area contributed by atoms with Gasteiger partial charge in [-0.25, -0.2) is 18.0 Å². The van der Waals surface area contributed by atoms with Crippen molar-refractivity contribution in [2.75, 3.05) is 43.0 Å². The largest absolute Gasteiger partial charge is 0.371 e. The van der Waals surface area contributed by atoms with Gasteiger partial charge in [-0.3, -0.25) is 14.3 Å². The summed E-state index contributed by atoms with van der Waals surface area (Å²) in [5.41, 5.74) is -0.233. The third-order valence-corrected chi connectivity index (χ3v) is 8.66. The Kier molecular flexibility index (Phi) is 7.43. The van der Waals surface area contributed by atoms with Crippen LogP contribution in [0.5, 0.6) is 0 Å². The maximum absolute atomic E-state index is 17.2. The fourth-order valence-corrected chi connectivity index (χ4v) is 6.50. The number of piperazine rings is 1. The Bertz CT molecular complexity index is 1890. The Hall–Kier alpha value is -4.67. The van der Waals surface area contributed by atoms with E-state index in [2.05, 4.69) is 16.5 Å². The lowest BCUT2D eigenvalue weighted by Gasteiger charge is -2.44. The number of anilines is 2. The fourth-order valence-electron chi connectivity index (χ4n) is 6.50. The molecule has 1 unspecified atom stereocenters. The van der Waals surface area contributed by atoms with Gasteiger partial charge in [-0.05, 0) is 43.0 Å². The molecule has 0 spiro atoms. The molecule has 2 aliphatic heterocycles.